The molecule has 0 saturated carbocycles. The molecule has 1 unspecified atom stereocenters. The molecule has 0 radical (unpaired) electrons. The summed E-state index contributed by atoms with van der Waals surface area (Å²) in [4.78, 5) is 0. The highest BCUT2D eigenvalue weighted by Crippen LogP contribution is 2.07. The maximum Gasteiger partial charge on any atom is 0.292 e. The van der Waals surface area contributed by atoms with Crippen molar-refractivity contribution < 1.29 is 17.6 Å². The summed E-state index contributed by atoms with van der Waals surface area (Å²) in [6.07, 6.45) is -5.38. The second-order valence-corrected chi connectivity index (χ2v) is 4.24. The highest BCUT2D eigenvalue weighted by molar-refractivity contribution is 6.48. The maximum atomic E-state index is 11.8. The summed E-state index contributed by atoms with van der Waals surface area (Å²) in [5.74, 6) is 0. The van der Waals surface area contributed by atoms with Crippen molar-refractivity contribution in [2.24, 2.45) is 0 Å². The van der Waals surface area contributed by atoms with Crippen LogP contribution in [-0.2, 0) is 4.43 Å². The van der Waals surface area contributed by atoms with E-state index in [4.69, 9.17) is 0 Å². The van der Waals surface area contributed by atoms with E-state index in [1.165, 1.54) is 0 Å². The minimum absolute atomic E-state index is 1.63. The van der Waals surface area contributed by atoms with Gasteiger partial charge < -0.3 is 4.43 Å². The molecule has 0 saturated heterocycles. The summed E-state index contributed by atoms with van der Waals surface area (Å²) >= 11 is 0. The quantitative estimate of drug-likeness (QED) is 0.566. The molecule has 0 spiro atoms. The smallest absolute Gasteiger partial charge is 0.292 e. The summed E-state index contributed by atoms with van der Waals surface area (Å²) in [5, 5.41) is 0. The van der Waals surface area contributed by atoms with E-state index in [-0.39, 0.29) is 0 Å². The van der Waals surface area contributed by atoms with Crippen molar-refractivity contribution in [3.8, 4) is 0 Å². The average molecular weight is 158 g/mol. The average Bonchev–Trinajstić information content (AvgIpc) is 1.63. The molecule has 0 rings (SSSR count). The summed E-state index contributed by atoms with van der Waals surface area (Å²) in [5.41, 5.74) is 0. The molecule has 56 valence electrons. The first-order chi connectivity index (χ1) is 4.04. The van der Waals surface area contributed by atoms with Crippen LogP contribution in [0.15, 0.2) is 0 Å². The highest BCUT2D eigenvalue weighted by Gasteiger charge is 2.20. The Balaban J connectivity index is 3.38. The first-order valence-electron chi connectivity index (χ1n) is 2.61. The van der Waals surface area contributed by atoms with Crippen molar-refractivity contribution in [3.05, 3.63) is 0 Å². The van der Waals surface area contributed by atoms with Gasteiger partial charge in [-0.15, -0.1) is 0 Å². The van der Waals surface area contributed by atoms with Gasteiger partial charge in [-0.1, -0.05) is 0 Å². The summed E-state index contributed by atoms with van der Waals surface area (Å²) < 4.78 is 38.7. The van der Waals surface area contributed by atoms with Gasteiger partial charge in [-0.25, -0.2) is 13.2 Å². The van der Waals surface area contributed by atoms with Gasteiger partial charge in [0.25, 0.3) is 12.8 Å². The van der Waals surface area contributed by atoms with Crippen LogP contribution in [0.3, 0.4) is 0 Å². The van der Waals surface area contributed by atoms with Crippen LogP contribution in [0.2, 0.25) is 13.1 Å². The first-order valence-corrected chi connectivity index (χ1v) is 5.39. The van der Waals surface area contributed by atoms with E-state index in [0.29, 0.717) is 0 Å². The van der Waals surface area contributed by atoms with Gasteiger partial charge in [0.15, 0.2) is 9.04 Å². The lowest BCUT2D eigenvalue weighted by Gasteiger charge is -2.10. The Bertz CT molecular complexity index is 78.2. The third-order valence-electron chi connectivity index (χ3n) is 0.600. The van der Waals surface area contributed by atoms with Crippen LogP contribution >= 0.6 is 0 Å². The van der Waals surface area contributed by atoms with Crippen LogP contribution in [0.1, 0.15) is 0 Å². The maximum absolute atomic E-state index is 11.8. The molecule has 0 aromatic heterocycles. The van der Waals surface area contributed by atoms with E-state index in [9.17, 15) is 13.2 Å². The van der Waals surface area contributed by atoms with Crippen molar-refractivity contribution >= 4 is 9.04 Å². The fraction of sp³-hybridized carbons (Fsp3) is 1.00. The van der Waals surface area contributed by atoms with Gasteiger partial charge >= 0.3 is 0 Å². The van der Waals surface area contributed by atoms with Gasteiger partial charge in [-0.2, -0.15) is 0 Å². The number of hydrogen-bond acceptors (Lipinski definition) is 1. The predicted molar refractivity (Wildman–Crippen MR) is 30.9 cm³/mol. The largest absolute Gasteiger partial charge is 0.388 e. The molecule has 0 bridgehead atoms. The molecular weight excluding hydrogens is 149 g/mol. The van der Waals surface area contributed by atoms with E-state index in [2.05, 4.69) is 4.43 Å². The van der Waals surface area contributed by atoms with Crippen LogP contribution in [-0.4, -0.2) is 21.8 Å². The number of alkyl halides is 3. The lowest BCUT2D eigenvalue weighted by atomic mass is 10.7. The molecule has 0 heterocycles. The topological polar surface area (TPSA) is 9.23 Å². The van der Waals surface area contributed by atoms with E-state index in [1.807, 2.05) is 0 Å². The van der Waals surface area contributed by atoms with Crippen LogP contribution in [0.5, 0.6) is 0 Å². The Morgan fingerprint density at radius 2 is 1.67 bits per heavy atom. The molecule has 0 aliphatic carbocycles. The molecule has 0 aliphatic rings. The molecule has 1 atom stereocenters. The van der Waals surface area contributed by atoms with Gasteiger partial charge in [0.2, 0.25) is 0 Å². The SMILES string of the molecule is C[SiH](C)OC(F)C(F)F. The van der Waals surface area contributed by atoms with Crippen molar-refractivity contribution in [2.45, 2.75) is 25.9 Å². The van der Waals surface area contributed by atoms with Crippen LogP contribution < -0.4 is 0 Å². The minimum Gasteiger partial charge on any atom is -0.388 e. The standard InChI is InChI=1S/C4H9F3OSi/c1-9(2)8-4(7)3(5)6/h3-4,9H,1-2H3. The van der Waals surface area contributed by atoms with Crippen molar-refractivity contribution in [2.75, 3.05) is 0 Å². The fourth-order valence-electron chi connectivity index (χ4n) is 0.319. The van der Waals surface area contributed by atoms with Gasteiger partial charge in [-0.3, -0.25) is 0 Å². The lowest BCUT2D eigenvalue weighted by molar-refractivity contribution is -0.0686. The Morgan fingerprint density at radius 3 is 1.78 bits per heavy atom. The summed E-state index contributed by atoms with van der Waals surface area (Å²) in [6, 6.07) is 0. The number of rotatable bonds is 3. The molecule has 0 aromatic carbocycles. The predicted octanol–water partition coefficient (Wildman–Crippen LogP) is 1.55. The zero-order valence-corrected chi connectivity index (χ0v) is 6.43. The number of hydrogen-bond donors (Lipinski definition) is 0. The Kier molecular flexibility index (Phi) is 3.88. The molecule has 0 fully saturated rings. The molecule has 0 aliphatic heterocycles. The van der Waals surface area contributed by atoms with Gasteiger partial charge in [-0.05, 0) is 13.1 Å². The summed E-state index contributed by atoms with van der Waals surface area (Å²) in [7, 11) is -1.64. The van der Waals surface area contributed by atoms with Crippen LogP contribution in [0.4, 0.5) is 13.2 Å². The van der Waals surface area contributed by atoms with Crippen LogP contribution in [0.25, 0.3) is 0 Å². The monoisotopic (exact) mass is 158 g/mol. The Hall–Kier alpha value is -0.0331. The third-order valence-corrected chi connectivity index (χ3v) is 1.40. The molecule has 5 heteroatoms. The Labute approximate surface area is 53.5 Å². The zero-order valence-electron chi connectivity index (χ0n) is 5.27. The van der Waals surface area contributed by atoms with E-state index in [1.54, 1.807) is 13.1 Å². The Morgan fingerprint density at radius 1 is 1.22 bits per heavy atom. The van der Waals surface area contributed by atoms with Crippen molar-refractivity contribution in [1.82, 2.24) is 0 Å². The van der Waals surface area contributed by atoms with E-state index >= 15 is 0 Å². The molecule has 0 amide bonds. The van der Waals surface area contributed by atoms with Gasteiger partial charge in [0.05, 0.1) is 0 Å². The molecule has 0 N–H and O–H groups in total. The van der Waals surface area contributed by atoms with Crippen molar-refractivity contribution in [3.63, 3.8) is 0 Å². The van der Waals surface area contributed by atoms with Gasteiger partial charge in [0, 0.05) is 0 Å². The number of halogens is 3. The molecule has 9 heavy (non-hydrogen) atoms. The van der Waals surface area contributed by atoms with E-state index in [0.717, 1.165) is 0 Å². The zero-order chi connectivity index (χ0) is 7.44. The third kappa shape index (κ3) is 4.47. The van der Waals surface area contributed by atoms with Gasteiger partial charge in [0.1, 0.15) is 0 Å². The van der Waals surface area contributed by atoms with E-state index < -0.39 is 21.8 Å². The minimum atomic E-state index is -3.00. The lowest BCUT2D eigenvalue weighted by Crippen LogP contribution is -2.22. The first kappa shape index (κ1) is 8.97. The van der Waals surface area contributed by atoms with Crippen molar-refractivity contribution in [1.29, 1.82) is 0 Å². The fourth-order valence-corrected chi connectivity index (χ4v) is 0.958. The second-order valence-electron chi connectivity index (χ2n) is 1.87. The summed E-state index contributed by atoms with van der Waals surface area (Å²) in [6.45, 7) is 3.27. The molecule has 1 nitrogen and oxygen atoms in total. The molecular formula is C4H9F3OSi. The molecule has 0 aromatic rings. The highest BCUT2D eigenvalue weighted by atomic mass is 28.3. The van der Waals surface area contributed by atoms with Crippen LogP contribution in [0, 0.1) is 0 Å². The second kappa shape index (κ2) is 3.89. The normalized spacial score (nSPS) is 15.0.